The van der Waals surface area contributed by atoms with Crippen molar-refractivity contribution in [1.29, 1.82) is 0 Å². The Morgan fingerprint density at radius 3 is 2.55 bits per heavy atom. The van der Waals surface area contributed by atoms with Crippen LogP contribution in [0.2, 0.25) is 0 Å². The van der Waals surface area contributed by atoms with Gasteiger partial charge in [0.2, 0.25) is 11.8 Å². The maximum Gasteiger partial charge on any atom is 0.230 e. The van der Waals surface area contributed by atoms with Crippen LogP contribution in [0.3, 0.4) is 0 Å². The third-order valence-corrected chi connectivity index (χ3v) is 6.66. The average molecular weight is 485 g/mol. The molecule has 1 aromatic carbocycles. The summed E-state index contributed by atoms with van der Waals surface area (Å²) in [5.41, 5.74) is 1.28. The average Bonchev–Trinajstić information content (AvgIpc) is 2.81. The number of rotatable bonds is 5. The molecule has 6 nitrogen and oxygen atoms in total. The molecule has 2 aliphatic rings. The molecule has 0 spiro atoms. The molecule has 2 fully saturated rings. The molecule has 0 saturated carbocycles. The van der Waals surface area contributed by atoms with Crippen LogP contribution in [0.5, 0.6) is 0 Å². The van der Waals surface area contributed by atoms with E-state index in [4.69, 9.17) is 0 Å². The van der Waals surface area contributed by atoms with Crippen LogP contribution in [-0.4, -0.2) is 52.8 Å². The largest absolute Gasteiger partial charge is 0.342 e. The fourth-order valence-electron chi connectivity index (χ4n) is 4.57. The highest BCUT2D eigenvalue weighted by atomic mass is 79.9. The molecule has 2 saturated heterocycles. The molecule has 3 heterocycles. The van der Waals surface area contributed by atoms with Crippen molar-refractivity contribution in [2.24, 2.45) is 11.8 Å². The summed E-state index contributed by atoms with van der Waals surface area (Å²) in [5.74, 6) is 0.527. The molecule has 1 N–H and O–H groups in total. The molecule has 7 heteroatoms. The lowest BCUT2D eigenvalue weighted by atomic mass is 9.92. The molecule has 2 aromatic rings. The fourth-order valence-corrected chi connectivity index (χ4v) is 4.80. The summed E-state index contributed by atoms with van der Waals surface area (Å²) in [6.07, 6.45) is 5.29. The Morgan fingerprint density at radius 2 is 1.77 bits per heavy atom. The number of halogens is 1. The van der Waals surface area contributed by atoms with E-state index >= 15 is 0 Å². The standard InChI is InChI=1S/C24H29BrN4O2/c25-21-10-11-22(26-14-21)27-23(30)19-8-5-13-29(17-19)24(31)20-9-4-12-28(16-20)15-18-6-2-1-3-7-18/h1-3,6-7,10-11,14,19-20H,4-5,8-9,12-13,15-17H2,(H,26,27,30). The summed E-state index contributed by atoms with van der Waals surface area (Å²) in [6, 6.07) is 14.1. The van der Waals surface area contributed by atoms with Gasteiger partial charge in [0.05, 0.1) is 11.8 Å². The molecule has 4 rings (SSSR count). The van der Waals surface area contributed by atoms with Crippen LogP contribution in [-0.2, 0) is 16.1 Å². The Labute approximate surface area is 192 Å². The van der Waals surface area contributed by atoms with E-state index in [9.17, 15) is 9.59 Å². The van der Waals surface area contributed by atoms with Gasteiger partial charge in [-0.25, -0.2) is 4.98 Å². The third kappa shape index (κ3) is 5.92. The van der Waals surface area contributed by atoms with Gasteiger partial charge in [0.1, 0.15) is 5.82 Å². The second-order valence-corrected chi connectivity index (χ2v) is 9.45. The highest BCUT2D eigenvalue weighted by molar-refractivity contribution is 9.10. The summed E-state index contributed by atoms with van der Waals surface area (Å²) < 4.78 is 0.869. The minimum Gasteiger partial charge on any atom is -0.342 e. The second kappa shape index (κ2) is 10.4. The van der Waals surface area contributed by atoms with Gasteiger partial charge in [0, 0.05) is 36.8 Å². The quantitative estimate of drug-likeness (QED) is 0.697. The van der Waals surface area contributed by atoms with E-state index in [0.29, 0.717) is 12.4 Å². The van der Waals surface area contributed by atoms with Gasteiger partial charge in [0.25, 0.3) is 0 Å². The van der Waals surface area contributed by atoms with E-state index in [1.54, 1.807) is 12.3 Å². The molecule has 2 aliphatic heterocycles. The molecule has 2 amide bonds. The minimum absolute atomic E-state index is 0.0208. The number of benzene rings is 1. The van der Waals surface area contributed by atoms with Crippen LogP contribution in [0.4, 0.5) is 5.82 Å². The number of hydrogen-bond donors (Lipinski definition) is 1. The van der Waals surface area contributed by atoms with Crippen molar-refractivity contribution in [1.82, 2.24) is 14.8 Å². The number of carbonyl (C=O) groups excluding carboxylic acids is 2. The SMILES string of the molecule is O=C(Nc1ccc(Br)cn1)C1CCCN(C(=O)C2CCCN(Cc3ccccc3)C2)C1. The van der Waals surface area contributed by atoms with Crippen LogP contribution in [0.25, 0.3) is 0 Å². The maximum absolute atomic E-state index is 13.3. The Bertz CT molecular complexity index is 890. The minimum atomic E-state index is -0.188. The van der Waals surface area contributed by atoms with Crippen molar-refractivity contribution < 1.29 is 9.59 Å². The lowest BCUT2D eigenvalue weighted by molar-refractivity contribution is -0.140. The van der Waals surface area contributed by atoms with Gasteiger partial charge in [-0.3, -0.25) is 14.5 Å². The normalized spacial score (nSPS) is 22.2. The topological polar surface area (TPSA) is 65.5 Å². The second-order valence-electron chi connectivity index (χ2n) is 8.53. The molecule has 164 valence electrons. The first kappa shape index (κ1) is 22.0. The fraction of sp³-hybridized carbons (Fsp3) is 0.458. The number of likely N-dealkylation sites (tertiary alicyclic amines) is 2. The predicted molar refractivity (Wildman–Crippen MR) is 124 cm³/mol. The van der Waals surface area contributed by atoms with E-state index in [1.165, 1.54) is 5.56 Å². The number of anilines is 1. The first-order valence-electron chi connectivity index (χ1n) is 11.1. The smallest absolute Gasteiger partial charge is 0.230 e. The first-order chi connectivity index (χ1) is 15.1. The molecular weight excluding hydrogens is 456 g/mol. The van der Waals surface area contributed by atoms with E-state index in [0.717, 1.165) is 56.3 Å². The Hall–Kier alpha value is -2.25. The van der Waals surface area contributed by atoms with Gasteiger partial charge >= 0.3 is 0 Å². The molecule has 2 atom stereocenters. The number of nitrogens with one attached hydrogen (secondary N) is 1. The third-order valence-electron chi connectivity index (χ3n) is 6.19. The molecule has 0 bridgehead atoms. The van der Waals surface area contributed by atoms with Gasteiger partial charge in [-0.2, -0.15) is 0 Å². The zero-order chi connectivity index (χ0) is 21.6. The van der Waals surface area contributed by atoms with Crippen LogP contribution >= 0.6 is 15.9 Å². The van der Waals surface area contributed by atoms with Crippen molar-refractivity contribution in [2.75, 3.05) is 31.5 Å². The van der Waals surface area contributed by atoms with E-state index in [2.05, 4.69) is 55.4 Å². The van der Waals surface area contributed by atoms with Crippen LogP contribution in [0.15, 0.2) is 53.1 Å². The molecule has 2 unspecified atom stereocenters. The zero-order valence-electron chi connectivity index (χ0n) is 17.7. The summed E-state index contributed by atoms with van der Waals surface area (Å²) >= 11 is 3.35. The van der Waals surface area contributed by atoms with Crippen LogP contribution in [0, 0.1) is 11.8 Å². The van der Waals surface area contributed by atoms with E-state index in [-0.39, 0.29) is 23.7 Å². The number of carbonyl (C=O) groups is 2. The number of piperidine rings is 2. The highest BCUT2D eigenvalue weighted by Gasteiger charge is 2.34. The van der Waals surface area contributed by atoms with Gasteiger partial charge in [0.15, 0.2) is 0 Å². The lowest BCUT2D eigenvalue weighted by Crippen LogP contribution is -2.49. The number of hydrogen-bond acceptors (Lipinski definition) is 4. The summed E-state index contributed by atoms with van der Waals surface area (Å²) in [6.45, 7) is 3.95. The van der Waals surface area contributed by atoms with Gasteiger partial charge < -0.3 is 10.2 Å². The Balaban J connectivity index is 1.32. The zero-order valence-corrected chi connectivity index (χ0v) is 19.3. The summed E-state index contributed by atoms with van der Waals surface area (Å²) in [7, 11) is 0. The van der Waals surface area contributed by atoms with Gasteiger partial charge in [-0.1, -0.05) is 30.3 Å². The molecule has 0 aliphatic carbocycles. The van der Waals surface area contributed by atoms with Crippen molar-refractivity contribution in [3.05, 3.63) is 58.7 Å². The number of pyridine rings is 1. The van der Waals surface area contributed by atoms with Crippen LogP contribution < -0.4 is 5.32 Å². The molecule has 0 radical (unpaired) electrons. The van der Waals surface area contributed by atoms with Crippen molar-refractivity contribution in [3.63, 3.8) is 0 Å². The van der Waals surface area contributed by atoms with Crippen molar-refractivity contribution in [2.45, 2.75) is 32.2 Å². The Kier molecular flexibility index (Phi) is 7.35. The molecule has 1 aromatic heterocycles. The van der Waals surface area contributed by atoms with Crippen molar-refractivity contribution >= 4 is 33.6 Å². The highest BCUT2D eigenvalue weighted by Crippen LogP contribution is 2.25. The van der Waals surface area contributed by atoms with Crippen LogP contribution in [0.1, 0.15) is 31.2 Å². The Morgan fingerprint density at radius 1 is 1.00 bits per heavy atom. The molecule has 31 heavy (non-hydrogen) atoms. The maximum atomic E-state index is 13.3. The summed E-state index contributed by atoms with van der Waals surface area (Å²) in [4.78, 5) is 34.5. The monoisotopic (exact) mass is 484 g/mol. The van der Waals surface area contributed by atoms with Gasteiger partial charge in [-0.15, -0.1) is 0 Å². The number of amides is 2. The van der Waals surface area contributed by atoms with E-state index in [1.807, 2.05) is 17.0 Å². The number of nitrogens with zero attached hydrogens (tertiary/aromatic N) is 3. The summed E-state index contributed by atoms with van der Waals surface area (Å²) in [5, 5.41) is 2.90. The van der Waals surface area contributed by atoms with Crippen molar-refractivity contribution in [3.8, 4) is 0 Å². The lowest BCUT2D eigenvalue weighted by Gasteiger charge is -2.38. The van der Waals surface area contributed by atoms with Gasteiger partial charge in [-0.05, 0) is 65.9 Å². The van der Waals surface area contributed by atoms with E-state index < -0.39 is 0 Å². The predicted octanol–water partition coefficient (Wildman–Crippen LogP) is 3.93. The number of aromatic nitrogens is 1. The molecular formula is C24H29BrN4O2. The first-order valence-corrected chi connectivity index (χ1v) is 11.9.